The molecule has 0 aliphatic carbocycles. The molecular weight excluding hydrogens is 446 g/mol. The lowest BCUT2D eigenvalue weighted by atomic mass is 9.87. The van der Waals surface area contributed by atoms with Gasteiger partial charge in [0.05, 0.1) is 0 Å². The van der Waals surface area contributed by atoms with Gasteiger partial charge < -0.3 is 4.42 Å². The number of benzene rings is 4. The van der Waals surface area contributed by atoms with Crippen LogP contribution in [-0.4, -0.2) is 22.8 Å². The Morgan fingerprint density at radius 2 is 1.33 bits per heavy atom. The van der Waals surface area contributed by atoms with Crippen LogP contribution < -0.4 is 0 Å². The van der Waals surface area contributed by atoms with Crippen molar-refractivity contribution in [1.82, 2.24) is 4.90 Å². The molecule has 1 aromatic heterocycles. The Morgan fingerprint density at radius 1 is 0.667 bits per heavy atom. The Labute approximate surface area is 210 Å². The highest BCUT2D eigenvalue weighted by molar-refractivity contribution is 6.28. The minimum Gasteiger partial charge on any atom is -0.456 e. The molecule has 0 bridgehead atoms. The summed E-state index contributed by atoms with van der Waals surface area (Å²) < 4.78 is 6.12. The minimum atomic E-state index is -0.175. The van der Waals surface area contributed by atoms with E-state index >= 15 is 0 Å². The van der Waals surface area contributed by atoms with Crippen LogP contribution in [0.2, 0.25) is 0 Å². The van der Waals surface area contributed by atoms with Gasteiger partial charge in [0.15, 0.2) is 0 Å². The first-order chi connectivity index (χ1) is 17.6. The van der Waals surface area contributed by atoms with E-state index in [-0.39, 0.29) is 17.9 Å². The lowest BCUT2D eigenvalue weighted by Crippen LogP contribution is -2.46. The van der Waals surface area contributed by atoms with Crippen LogP contribution in [0.1, 0.15) is 66.7 Å². The molecule has 0 saturated heterocycles. The summed E-state index contributed by atoms with van der Waals surface area (Å²) in [4.78, 5) is 29.0. The van der Waals surface area contributed by atoms with Gasteiger partial charge in [-0.2, -0.15) is 0 Å². The van der Waals surface area contributed by atoms with Gasteiger partial charge in [-0.15, -0.1) is 0 Å². The second kappa shape index (κ2) is 8.94. The van der Waals surface area contributed by atoms with Crippen LogP contribution >= 0.6 is 0 Å². The summed E-state index contributed by atoms with van der Waals surface area (Å²) in [5.74, 6) is -0.351. The van der Waals surface area contributed by atoms with Crippen molar-refractivity contribution < 1.29 is 14.0 Å². The number of hydrogen-bond donors (Lipinski definition) is 0. The molecular formula is C32H29NO3. The molecule has 4 nitrogen and oxygen atoms in total. The van der Waals surface area contributed by atoms with Gasteiger partial charge >= 0.3 is 0 Å². The van der Waals surface area contributed by atoms with E-state index in [2.05, 4.69) is 26.0 Å². The molecule has 180 valence electrons. The van der Waals surface area contributed by atoms with Crippen LogP contribution in [0.15, 0.2) is 77.2 Å². The van der Waals surface area contributed by atoms with Gasteiger partial charge in [0.1, 0.15) is 11.2 Å². The van der Waals surface area contributed by atoms with Gasteiger partial charge in [-0.05, 0) is 53.6 Å². The summed E-state index contributed by atoms with van der Waals surface area (Å²) in [6, 6.07) is 23.8. The highest BCUT2D eigenvalue weighted by Gasteiger charge is 2.37. The molecule has 1 atom stereocenters. The Kier molecular flexibility index (Phi) is 5.60. The predicted molar refractivity (Wildman–Crippen MR) is 145 cm³/mol. The van der Waals surface area contributed by atoms with Gasteiger partial charge in [0, 0.05) is 33.3 Å². The molecule has 0 radical (unpaired) electrons. The molecule has 5 aromatic rings. The predicted octanol–water partition coefficient (Wildman–Crippen LogP) is 8.36. The topological polar surface area (TPSA) is 50.5 Å². The molecule has 0 N–H and O–H groups in total. The summed E-state index contributed by atoms with van der Waals surface area (Å²) in [5.41, 5.74) is 4.93. The van der Waals surface area contributed by atoms with Crippen molar-refractivity contribution in [2.45, 2.75) is 52.0 Å². The first-order valence-electron chi connectivity index (χ1n) is 13.0. The summed E-state index contributed by atoms with van der Waals surface area (Å²) >= 11 is 0. The SMILES string of the molecule is CCCCCC(CC)N1C(=O)c2cccc3c(-c4cccc5oc6ccccc6c45)ccc(c23)C1=O. The zero-order valence-electron chi connectivity index (χ0n) is 20.7. The van der Waals surface area contributed by atoms with Gasteiger partial charge in [0.2, 0.25) is 0 Å². The number of nitrogens with zero attached hydrogens (tertiary/aromatic N) is 1. The molecule has 1 aliphatic heterocycles. The number of carbonyl (C=O) groups is 2. The molecule has 1 aliphatic rings. The highest BCUT2D eigenvalue weighted by Crippen LogP contribution is 2.42. The van der Waals surface area contributed by atoms with Gasteiger partial charge in [-0.3, -0.25) is 14.5 Å². The van der Waals surface area contributed by atoms with Crippen molar-refractivity contribution in [3.63, 3.8) is 0 Å². The van der Waals surface area contributed by atoms with Crippen LogP contribution in [0.3, 0.4) is 0 Å². The minimum absolute atomic E-state index is 0.0781. The van der Waals surface area contributed by atoms with E-state index in [1.807, 2.05) is 60.7 Å². The van der Waals surface area contributed by atoms with E-state index in [9.17, 15) is 9.59 Å². The van der Waals surface area contributed by atoms with Crippen molar-refractivity contribution in [3.05, 3.63) is 83.9 Å². The van der Waals surface area contributed by atoms with Crippen molar-refractivity contribution in [2.24, 2.45) is 0 Å². The normalized spacial score (nSPS) is 14.3. The third-order valence-electron chi connectivity index (χ3n) is 7.61. The van der Waals surface area contributed by atoms with E-state index in [0.717, 1.165) is 75.9 Å². The summed E-state index contributed by atoms with van der Waals surface area (Å²) in [7, 11) is 0. The Bertz CT molecular complexity index is 1620. The fourth-order valence-corrected chi connectivity index (χ4v) is 5.83. The third-order valence-corrected chi connectivity index (χ3v) is 7.61. The van der Waals surface area contributed by atoms with Crippen molar-refractivity contribution >= 4 is 44.5 Å². The number of furan rings is 1. The maximum atomic E-state index is 13.7. The number of imide groups is 1. The quantitative estimate of drug-likeness (QED) is 0.175. The Balaban J connectivity index is 1.53. The van der Waals surface area contributed by atoms with Crippen LogP contribution in [0.25, 0.3) is 43.8 Å². The number of fused-ring (bicyclic) bond motifs is 3. The van der Waals surface area contributed by atoms with Crippen molar-refractivity contribution in [3.8, 4) is 11.1 Å². The van der Waals surface area contributed by atoms with Crippen LogP contribution in [-0.2, 0) is 0 Å². The number of unbranched alkanes of at least 4 members (excludes halogenated alkanes) is 2. The van der Waals surface area contributed by atoms with E-state index in [4.69, 9.17) is 4.42 Å². The fraction of sp³-hybridized carbons (Fsp3) is 0.250. The number of carbonyl (C=O) groups excluding carboxylic acids is 2. The highest BCUT2D eigenvalue weighted by atomic mass is 16.3. The fourth-order valence-electron chi connectivity index (χ4n) is 5.83. The molecule has 0 saturated carbocycles. The molecule has 2 heterocycles. The van der Waals surface area contributed by atoms with Gasteiger partial charge in [-0.1, -0.05) is 81.6 Å². The standard InChI is InChI=1S/C32H29NO3/c1-3-5-6-11-20(4-2)33-31(34)25-15-9-13-22-21(18-19-26(29(22)25)32(33)35)23-14-10-17-28-30(23)24-12-7-8-16-27(24)36-28/h7-10,12-20H,3-6,11H2,1-2H3. The molecule has 1 unspecified atom stereocenters. The number of hydrogen-bond acceptors (Lipinski definition) is 3. The van der Waals surface area contributed by atoms with Gasteiger partial charge in [-0.25, -0.2) is 0 Å². The smallest absolute Gasteiger partial charge is 0.261 e. The molecule has 36 heavy (non-hydrogen) atoms. The Hall–Kier alpha value is -3.92. The number of para-hydroxylation sites is 1. The molecule has 2 amide bonds. The van der Waals surface area contributed by atoms with E-state index in [1.54, 1.807) is 0 Å². The molecule has 0 fully saturated rings. The molecule has 4 aromatic carbocycles. The summed E-state index contributed by atoms with van der Waals surface area (Å²) in [6.45, 7) is 4.23. The summed E-state index contributed by atoms with van der Waals surface area (Å²) in [6.07, 6.45) is 4.85. The maximum absolute atomic E-state index is 13.7. The second-order valence-electron chi connectivity index (χ2n) is 9.70. The first-order valence-corrected chi connectivity index (χ1v) is 13.0. The lowest BCUT2D eigenvalue weighted by molar-refractivity contribution is 0.0524. The Morgan fingerprint density at radius 3 is 2.14 bits per heavy atom. The van der Waals surface area contributed by atoms with Gasteiger partial charge in [0.25, 0.3) is 11.8 Å². The van der Waals surface area contributed by atoms with Crippen LogP contribution in [0.4, 0.5) is 0 Å². The van der Waals surface area contributed by atoms with E-state index in [1.165, 1.54) is 4.90 Å². The van der Waals surface area contributed by atoms with E-state index < -0.39 is 0 Å². The monoisotopic (exact) mass is 475 g/mol. The van der Waals surface area contributed by atoms with Crippen molar-refractivity contribution in [1.29, 1.82) is 0 Å². The maximum Gasteiger partial charge on any atom is 0.261 e. The summed E-state index contributed by atoms with van der Waals surface area (Å²) in [5, 5.41) is 3.78. The molecule has 4 heteroatoms. The lowest BCUT2D eigenvalue weighted by Gasteiger charge is -2.34. The van der Waals surface area contributed by atoms with Crippen LogP contribution in [0, 0.1) is 0 Å². The first kappa shape index (κ1) is 22.5. The van der Waals surface area contributed by atoms with Crippen LogP contribution in [0.5, 0.6) is 0 Å². The number of rotatable bonds is 7. The average Bonchev–Trinajstić information content (AvgIpc) is 3.29. The van der Waals surface area contributed by atoms with Crippen molar-refractivity contribution in [2.75, 3.05) is 0 Å². The third kappa shape index (κ3) is 3.35. The largest absolute Gasteiger partial charge is 0.456 e. The average molecular weight is 476 g/mol. The molecule has 6 rings (SSSR count). The zero-order valence-corrected chi connectivity index (χ0v) is 20.7. The number of amides is 2. The second-order valence-corrected chi connectivity index (χ2v) is 9.70. The molecule has 0 spiro atoms. The van der Waals surface area contributed by atoms with E-state index in [0.29, 0.717) is 11.1 Å². The zero-order chi connectivity index (χ0) is 24.8.